The first-order valence-electron chi connectivity index (χ1n) is 10.3. The molecular weight excluding hydrogens is 350 g/mol. The Kier molecular flexibility index (Phi) is 4.10. The van der Waals surface area contributed by atoms with Crippen LogP contribution in [0.15, 0.2) is 40.4 Å². The molecule has 0 amide bonds. The van der Waals surface area contributed by atoms with Gasteiger partial charge < -0.3 is 16.4 Å². The van der Waals surface area contributed by atoms with Crippen LogP contribution in [0.1, 0.15) is 44.9 Å². The van der Waals surface area contributed by atoms with Gasteiger partial charge in [-0.15, -0.1) is 0 Å². The van der Waals surface area contributed by atoms with E-state index in [1.165, 1.54) is 24.9 Å². The van der Waals surface area contributed by atoms with Crippen LogP contribution in [0.3, 0.4) is 0 Å². The third-order valence-electron chi connectivity index (χ3n) is 6.26. The van der Waals surface area contributed by atoms with Gasteiger partial charge in [0.2, 0.25) is 11.9 Å². The summed E-state index contributed by atoms with van der Waals surface area (Å²) in [5, 5.41) is 1.09. The summed E-state index contributed by atoms with van der Waals surface area (Å²) >= 11 is 0. The van der Waals surface area contributed by atoms with E-state index in [0.717, 1.165) is 55.4 Å². The lowest BCUT2D eigenvalue weighted by molar-refractivity contribution is 0.306. The highest BCUT2D eigenvalue weighted by molar-refractivity contribution is 6.11. The lowest BCUT2D eigenvalue weighted by atomic mass is 9.87. The van der Waals surface area contributed by atoms with E-state index in [2.05, 4.69) is 33.0 Å². The average Bonchev–Trinajstić information content (AvgIpc) is 3.22. The van der Waals surface area contributed by atoms with Gasteiger partial charge in [-0.25, -0.2) is 4.99 Å². The molecule has 4 N–H and O–H groups in total. The van der Waals surface area contributed by atoms with E-state index in [1.807, 2.05) is 12.3 Å². The van der Waals surface area contributed by atoms with Crippen LogP contribution in [0, 0.1) is 0 Å². The number of nitrogens with zero attached hydrogens (tertiary/aromatic N) is 5. The summed E-state index contributed by atoms with van der Waals surface area (Å²) in [6, 6.07) is 8.46. The molecule has 0 bridgehead atoms. The van der Waals surface area contributed by atoms with Crippen LogP contribution in [0.5, 0.6) is 0 Å². The maximum atomic E-state index is 6.44. The van der Waals surface area contributed by atoms with Gasteiger partial charge in [-0.05, 0) is 62.8 Å². The van der Waals surface area contributed by atoms with Crippen LogP contribution in [0.25, 0.3) is 10.9 Å². The van der Waals surface area contributed by atoms with E-state index in [4.69, 9.17) is 21.4 Å². The maximum absolute atomic E-state index is 6.44. The second-order valence-electron chi connectivity index (χ2n) is 8.02. The zero-order valence-corrected chi connectivity index (χ0v) is 16.1. The molecule has 1 aliphatic carbocycles. The summed E-state index contributed by atoms with van der Waals surface area (Å²) in [6.07, 6.45) is 9.65. The van der Waals surface area contributed by atoms with Crippen LogP contribution >= 0.6 is 0 Å². The molecule has 7 nitrogen and oxygen atoms in total. The molecule has 5 rings (SSSR count). The molecule has 2 aromatic rings. The number of aliphatic imine (C=N–C) groups is 2. The van der Waals surface area contributed by atoms with Crippen molar-refractivity contribution in [3.05, 3.63) is 30.5 Å². The number of anilines is 2. The molecule has 2 aliphatic heterocycles. The number of nitrogens with two attached hydrogens (primary N) is 2. The van der Waals surface area contributed by atoms with Gasteiger partial charge >= 0.3 is 0 Å². The molecule has 146 valence electrons. The Hall–Kier alpha value is -2.83. The van der Waals surface area contributed by atoms with Gasteiger partial charge in [0.15, 0.2) is 0 Å². The topological polar surface area (TPSA) is 96.1 Å². The van der Waals surface area contributed by atoms with E-state index in [9.17, 15) is 0 Å². The molecule has 2 fully saturated rings. The van der Waals surface area contributed by atoms with Gasteiger partial charge in [-0.2, -0.15) is 4.99 Å². The Balaban J connectivity index is 1.68. The van der Waals surface area contributed by atoms with Gasteiger partial charge in [0.1, 0.15) is 5.66 Å². The Morgan fingerprint density at radius 2 is 1.64 bits per heavy atom. The van der Waals surface area contributed by atoms with Crippen LogP contribution in [0.2, 0.25) is 0 Å². The van der Waals surface area contributed by atoms with E-state index in [-0.39, 0.29) is 5.96 Å². The molecule has 3 aliphatic rings. The number of aromatic nitrogens is 1. The van der Waals surface area contributed by atoms with Crippen molar-refractivity contribution in [1.29, 1.82) is 0 Å². The number of fused-ring (bicyclic) bond motifs is 1. The van der Waals surface area contributed by atoms with Gasteiger partial charge in [0, 0.05) is 24.7 Å². The van der Waals surface area contributed by atoms with Gasteiger partial charge in [-0.1, -0.05) is 6.42 Å². The second-order valence-corrected chi connectivity index (χ2v) is 8.02. The Bertz CT molecular complexity index is 952. The SMILES string of the molecule is NC1=NC2(CCCCC2)N(c2ccc(N3CCCC3)c3ncccc23)C(N)=N1. The molecule has 1 aromatic heterocycles. The summed E-state index contributed by atoms with van der Waals surface area (Å²) in [5.74, 6) is 0.709. The number of hydrogen-bond acceptors (Lipinski definition) is 7. The molecule has 1 saturated heterocycles. The molecule has 0 atom stereocenters. The van der Waals surface area contributed by atoms with E-state index in [1.54, 1.807) is 0 Å². The smallest absolute Gasteiger partial charge is 0.220 e. The van der Waals surface area contributed by atoms with Gasteiger partial charge in [0.25, 0.3) is 0 Å². The Labute approximate surface area is 165 Å². The van der Waals surface area contributed by atoms with Crippen LogP contribution in [0.4, 0.5) is 11.4 Å². The zero-order chi connectivity index (χ0) is 19.1. The molecular formula is C21H27N7. The van der Waals surface area contributed by atoms with Crippen LogP contribution in [-0.2, 0) is 0 Å². The van der Waals surface area contributed by atoms with Crippen LogP contribution in [-0.4, -0.2) is 35.7 Å². The van der Waals surface area contributed by atoms with E-state index in [0.29, 0.717) is 5.96 Å². The number of rotatable bonds is 2. The Morgan fingerprint density at radius 3 is 2.43 bits per heavy atom. The number of hydrogen-bond donors (Lipinski definition) is 2. The maximum Gasteiger partial charge on any atom is 0.220 e. The number of benzene rings is 1. The summed E-state index contributed by atoms with van der Waals surface area (Å²) in [7, 11) is 0. The normalized spacial score (nSPS) is 21.9. The van der Waals surface area contributed by atoms with Crippen molar-refractivity contribution < 1.29 is 0 Å². The highest BCUT2D eigenvalue weighted by Gasteiger charge is 2.43. The first-order chi connectivity index (χ1) is 13.7. The van der Waals surface area contributed by atoms with Gasteiger partial charge in [-0.3, -0.25) is 9.88 Å². The Morgan fingerprint density at radius 1 is 0.893 bits per heavy atom. The zero-order valence-electron chi connectivity index (χ0n) is 16.1. The highest BCUT2D eigenvalue weighted by Crippen LogP contribution is 2.43. The third-order valence-corrected chi connectivity index (χ3v) is 6.26. The molecule has 0 radical (unpaired) electrons. The standard InChI is InChI=1S/C21H27N7/c22-19-25-20(23)28(21(26-19)10-2-1-3-11-21)16-8-9-17(27-13-4-5-14-27)18-15(16)7-6-12-24-18/h6-9,12H,1-5,10-11,13-14H2,(H4,22,23,25,26). The largest absolute Gasteiger partial charge is 0.370 e. The lowest BCUT2D eigenvalue weighted by Gasteiger charge is -2.46. The fourth-order valence-corrected chi connectivity index (χ4v) is 5.02. The molecule has 7 heteroatoms. The third kappa shape index (κ3) is 2.68. The number of pyridine rings is 1. The van der Waals surface area contributed by atoms with Crippen LogP contribution < -0.4 is 21.3 Å². The molecule has 0 unspecified atom stereocenters. The minimum absolute atomic E-state index is 0.284. The fourth-order valence-electron chi connectivity index (χ4n) is 5.02. The summed E-state index contributed by atoms with van der Waals surface area (Å²) in [4.78, 5) is 18.4. The second kappa shape index (κ2) is 6.65. The minimum Gasteiger partial charge on any atom is -0.370 e. The van der Waals surface area contributed by atoms with Crippen molar-refractivity contribution in [2.75, 3.05) is 22.9 Å². The minimum atomic E-state index is -0.438. The monoisotopic (exact) mass is 377 g/mol. The summed E-state index contributed by atoms with van der Waals surface area (Å²) < 4.78 is 0. The summed E-state index contributed by atoms with van der Waals surface area (Å²) in [5.41, 5.74) is 15.3. The first-order valence-corrected chi connectivity index (χ1v) is 10.3. The number of guanidine groups is 2. The van der Waals surface area contributed by atoms with Crippen molar-refractivity contribution in [2.45, 2.75) is 50.6 Å². The lowest BCUT2D eigenvalue weighted by Crippen LogP contribution is -2.58. The van der Waals surface area contributed by atoms with Crippen molar-refractivity contribution in [1.82, 2.24) is 4.98 Å². The molecule has 28 heavy (non-hydrogen) atoms. The first kappa shape index (κ1) is 17.3. The molecule has 1 saturated carbocycles. The van der Waals surface area contributed by atoms with Crippen molar-refractivity contribution in [3.8, 4) is 0 Å². The van der Waals surface area contributed by atoms with Crippen molar-refractivity contribution in [2.24, 2.45) is 21.5 Å². The van der Waals surface area contributed by atoms with Crippen molar-refractivity contribution in [3.63, 3.8) is 0 Å². The molecule has 1 spiro atoms. The van der Waals surface area contributed by atoms with Crippen molar-refractivity contribution >= 4 is 34.2 Å². The average molecular weight is 377 g/mol. The predicted molar refractivity (Wildman–Crippen MR) is 115 cm³/mol. The summed E-state index contributed by atoms with van der Waals surface area (Å²) in [6.45, 7) is 2.17. The van der Waals surface area contributed by atoms with Gasteiger partial charge in [0.05, 0.1) is 16.9 Å². The molecule has 3 heterocycles. The highest BCUT2D eigenvalue weighted by atomic mass is 15.4. The fraction of sp³-hybridized carbons (Fsp3) is 0.476. The van der Waals surface area contributed by atoms with E-state index >= 15 is 0 Å². The molecule has 1 aromatic carbocycles. The van der Waals surface area contributed by atoms with E-state index < -0.39 is 5.66 Å². The predicted octanol–water partition coefficient (Wildman–Crippen LogP) is 2.94. The quantitative estimate of drug-likeness (QED) is 0.839.